The van der Waals surface area contributed by atoms with E-state index in [1.54, 1.807) is 0 Å². The Kier molecular flexibility index (Phi) is 9.41. The van der Waals surface area contributed by atoms with Crippen molar-refractivity contribution in [2.45, 2.75) is 44.6 Å². The smallest absolute Gasteiger partial charge is 0.241 e. The van der Waals surface area contributed by atoms with Gasteiger partial charge in [-0.1, -0.05) is 24.6 Å². The average molecular weight is 457 g/mol. The van der Waals surface area contributed by atoms with Gasteiger partial charge in [-0.3, -0.25) is 14.5 Å². The zero-order valence-corrected chi connectivity index (χ0v) is 19.1. The van der Waals surface area contributed by atoms with Crippen molar-refractivity contribution in [3.63, 3.8) is 0 Å². The molecule has 2 fully saturated rings. The van der Waals surface area contributed by atoms with Gasteiger partial charge in [-0.15, -0.1) is 24.8 Å². The Morgan fingerprint density at radius 3 is 2.43 bits per heavy atom. The highest BCUT2D eigenvalue weighted by Crippen LogP contribution is 2.27. The lowest BCUT2D eigenvalue weighted by molar-refractivity contribution is -0.138. The molecule has 2 unspecified atom stereocenters. The maximum atomic E-state index is 12.9. The predicted molar refractivity (Wildman–Crippen MR) is 125 cm³/mol. The summed E-state index contributed by atoms with van der Waals surface area (Å²) in [7, 11) is 0. The van der Waals surface area contributed by atoms with Gasteiger partial charge in [0.25, 0.3) is 0 Å². The maximum absolute atomic E-state index is 12.9. The second-order valence-electron chi connectivity index (χ2n) is 8.50. The van der Waals surface area contributed by atoms with Crippen molar-refractivity contribution in [3.8, 4) is 0 Å². The number of fused-ring (bicyclic) bond motifs is 1. The van der Waals surface area contributed by atoms with Crippen LogP contribution in [-0.2, 0) is 16.0 Å². The first-order valence-electron chi connectivity index (χ1n) is 10.8. The summed E-state index contributed by atoms with van der Waals surface area (Å²) in [5.74, 6) is 0.540. The molecule has 1 aromatic carbocycles. The lowest BCUT2D eigenvalue weighted by Crippen LogP contribution is -2.53. The Hall–Kier alpha value is -1.34. The Labute approximate surface area is 192 Å². The fraction of sp³-hybridized carbons (Fsp3) is 0.636. The van der Waals surface area contributed by atoms with E-state index in [1.165, 1.54) is 5.56 Å². The molecule has 0 radical (unpaired) electrons. The Morgan fingerprint density at radius 2 is 1.70 bits per heavy atom. The topological polar surface area (TPSA) is 69.9 Å². The minimum absolute atomic E-state index is 0. The number of benzene rings is 1. The molecule has 2 N–H and O–H groups in total. The predicted octanol–water partition coefficient (Wildman–Crippen LogP) is 2.47. The molecule has 2 atom stereocenters. The third-order valence-corrected chi connectivity index (χ3v) is 6.52. The molecule has 1 saturated heterocycles. The molecule has 0 bridgehead atoms. The van der Waals surface area contributed by atoms with Crippen LogP contribution in [-0.4, -0.2) is 66.9 Å². The number of piperazine rings is 1. The minimum Gasteiger partial charge on any atom is -0.340 e. The molecule has 30 heavy (non-hydrogen) atoms. The first-order valence-corrected chi connectivity index (χ1v) is 10.8. The van der Waals surface area contributed by atoms with Crippen molar-refractivity contribution in [1.82, 2.24) is 9.80 Å². The number of rotatable bonds is 3. The van der Waals surface area contributed by atoms with E-state index in [0.29, 0.717) is 19.6 Å². The maximum Gasteiger partial charge on any atom is 0.241 e. The summed E-state index contributed by atoms with van der Waals surface area (Å²) in [4.78, 5) is 31.8. The van der Waals surface area contributed by atoms with Crippen LogP contribution in [0.4, 0.5) is 5.69 Å². The second-order valence-corrected chi connectivity index (χ2v) is 8.50. The molecule has 2 heterocycles. The molecule has 6 nitrogen and oxygen atoms in total. The molecule has 4 rings (SSSR count). The molecule has 2 amide bonds. The van der Waals surface area contributed by atoms with Crippen LogP contribution in [0.5, 0.6) is 0 Å². The van der Waals surface area contributed by atoms with Gasteiger partial charge in [0.15, 0.2) is 0 Å². The summed E-state index contributed by atoms with van der Waals surface area (Å²) < 4.78 is 0. The molecule has 0 aromatic heterocycles. The number of aryl methyl sites for hydroxylation is 1. The largest absolute Gasteiger partial charge is 0.340 e. The van der Waals surface area contributed by atoms with Gasteiger partial charge in [0.2, 0.25) is 11.8 Å². The van der Waals surface area contributed by atoms with Crippen LogP contribution in [0.3, 0.4) is 0 Å². The van der Waals surface area contributed by atoms with Crippen LogP contribution in [0.2, 0.25) is 0 Å². The fourth-order valence-electron chi connectivity index (χ4n) is 4.91. The van der Waals surface area contributed by atoms with E-state index in [4.69, 9.17) is 5.73 Å². The van der Waals surface area contributed by atoms with E-state index in [2.05, 4.69) is 17.0 Å². The third kappa shape index (κ3) is 5.67. The molecule has 1 aliphatic carbocycles. The van der Waals surface area contributed by atoms with Crippen LogP contribution >= 0.6 is 24.8 Å². The van der Waals surface area contributed by atoms with Crippen LogP contribution in [0, 0.1) is 5.92 Å². The summed E-state index contributed by atoms with van der Waals surface area (Å²) in [6.07, 6.45) is 5.97. The Morgan fingerprint density at radius 1 is 0.967 bits per heavy atom. The standard InChI is InChI=1S/C22H32N4O2.2ClH/c23-19-8-3-6-18(15-19)22(28)25-13-11-24(12-14-25)16-21(27)26-10-4-7-17-5-1-2-9-20(17)26;;/h1-2,5,9,18-19H,3-4,6-8,10-16,23H2;2*1H. The number of nitrogens with zero attached hydrogens (tertiary/aromatic N) is 3. The average Bonchev–Trinajstić information content (AvgIpc) is 2.73. The van der Waals surface area contributed by atoms with Gasteiger partial charge in [0.05, 0.1) is 6.54 Å². The number of carbonyl (C=O) groups excluding carboxylic acids is 2. The van der Waals surface area contributed by atoms with Crippen molar-refractivity contribution < 1.29 is 9.59 Å². The molecule has 1 saturated carbocycles. The van der Waals surface area contributed by atoms with Crippen LogP contribution in [0.15, 0.2) is 24.3 Å². The number of halogens is 2. The molecular formula is C22H34Cl2N4O2. The van der Waals surface area contributed by atoms with Crippen LogP contribution < -0.4 is 10.6 Å². The lowest BCUT2D eigenvalue weighted by Gasteiger charge is -2.38. The summed E-state index contributed by atoms with van der Waals surface area (Å²) in [5.41, 5.74) is 8.39. The molecule has 1 aromatic rings. The zero-order valence-electron chi connectivity index (χ0n) is 17.5. The molecule has 8 heteroatoms. The normalized spacial score (nSPS) is 24.3. The second kappa shape index (κ2) is 11.3. The summed E-state index contributed by atoms with van der Waals surface area (Å²) in [6.45, 7) is 4.21. The highest BCUT2D eigenvalue weighted by Gasteiger charge is 2.31. The van der Waals surface area contributed by atoms with Gasteiger partial charge < -0.3 is 15.5 Å². The molecular weight excluding hydrogens is 423 g/mol. The van der Waals surface area contributed by atoms with Gasteiger partial charge in [-0.25, -0.2) is 0 Å². The summed E-state index contributed by atoms with van der Waals surface area (Å²) in [6, 6.07) is 8.40. The van der Waals surface area contributed by atoms with Gasteiger partial charge in [-0.05, 0) is 43.7 Å². The number of para-hydroxylation sites is 1. The first kappa shape index (κ1) is 24.9. The minimum atomic E-state index is 0. The molecule has 2 aliphatic heterocycles. The van der Waals surface area contributed by atoms with Crippen LogP contribution in [0.25, 0.3) is 0 Å². The van der Waals surface area contributed by atoms with Crippen molar-refractivity contribution >= 4 is 42.3 Å². The number of hydrogen-bond acceptors (Lipinski definition) is 4. The molecule has 168 valence electrons. The number of nitrogens with two attached hydrogens (primary N) is 1. The van der Waals surface area contributed by atoms with E-state index in [-0.39, 0.29) is 48.6 Å². The Balaban J connectivity index is 0.00000160. The Bertz CT molecular complexity index is 725. The third-order valence-electron chi connectivity index (χ3n) is 6.52. The van der Waals surface area contributed by atoms with Gasteiger partial charge >= 0.3 is 0 Å². The highest BCUT2D eigenvalue weighted by molar-refractivity contribution is 5.96. The van der Waals surface area contributed by atoms with E-state index < -0.39 is 0 Å². The summed E-state index contributed by atoms with van der Waals surface area (Å²) in [5, 5.41) is 0. The SMILES string of the molecule is Cl.Cl.NC1CCCC(C(=O)N2CCN(CC(=O)N3CCCc4ccccc43)CC2)C1. The monoisotopic (exact) mass is 456 g/mol. The van der Waals surface area contributed by atoms with Crippen molar-refractivity contribution in [2.75, 3.05) is 44.2 Å². The summed E-state index contributed by atoms with van der Waals surface area (Å²) >= 11 is 0. The number of amides is 2. The van der Waals surface area contributed by atoms with Crippen molar-refractivity contribution in [1.29, 1.82) is 0 Å². The highest BCUT2D eigenvalue weighted by atomic mass is 35.5. The molecule has 3 aliphatic rings. The fourth-order valence-corrected chi connectivity index (χ4v) is 4.91. The van der Waals surface area contributed by atoms with E-state index >= 15 is 0 Å². The quantitative estimate of drug-likeness (QED) is 0.757. The van der Waals surface area contributed by atoms with Crippen molar-refractivity contribution in [3.05, 3.63) is 29.8 Å². The van der Waals surface area contributed by atoms with E-state index in [0.717, 1.165) is 63.8 Å². The zero-order chi connectivity index (χ0) is 19.5. The molecule has 0 spiro atoms. The van der Waals surface area contributed by atoms with Gasteiger partial charge in [-0.2, -0.15) is 0 Å². The van der Waals surface area contributed by atoms with E-state index in [1.807, 2.05) is 21.9 Å². The number of hydrogen-bond donors (Lipinski definition) is 1. The number of anilines is 1. The van der Waals surface area contributed by atoms with Crippen LogP contribution in [0.1, 0.15) is 37.7 Å². The lowest BCUT2D eigenvalue weighted by atomic mass is 9.85. The first-order chi connectivity index (χ1) is 13.6. The van der Waals surface area contributed by atoms with Crippen molar-refractivity contribution in [2.24, 2.45) is 11.7 Å². The van der Waals surface area contributed by atoms with E-state index in [9.17, 15) is 9.59 Å². The number of carbonyl (C=O) groups is 2. The van der Waals surface area contributed by atoms with Gasteiger partial charge in [0.1, 0.15) is 0 Å². The van der Waals surface area contributed by atoms with Gasteiger partial charge in [0, 0.05) is 50.4 Å².